The number of aliphatic hydroxyl groups is 1. The van der Waals surface area contributed by atoms with Gasteiger partial charge in [0.05, 0.1) is 23.2 Å². The highest BCUT2D eigenvalue weighted by atomic mass is 35.5. The number of methoxy groups -OCH3 is 1. The smallest absolute Gasteiger partial charge is 0.350 e. The van der Waals surface area contributed by atoms with Crippen LogP contribution in [0.3, 0.4) is 0 Å². The van der Waals surface area contributed by atoms with Crippen LogP contribution in [0.4, 0.5) is 14.6 Å². The number of benzene rings is 2. The van der Waals surface area contributed by atoms with E-state index in [0.29, 0.717) is 52.6 Å². The summed E-state index contributed by atoms with van der Waals surface area (Å²) in [5.74, 6) is -0.429. The number of rotatable bonds is 6. The number of nitrogens with zero attached hydrogens (tertiary/aromatic N) is 4. The van der Waals surface area contributed by atoms with Crippen LogP contribution in [0.5, 0.6) is 0 Å². The van der Waals surface area contributed by atoms with Gasteiger partial charge >= 0.3 is 5.69 Å². The van der Waals surface area contributed by atoms with E-state index < -0.39 is 23.6 Å². The van der Waals surface area contributed by atoms with Crippen LogP contribution in [0.15, 0.2) is 46.6 Å². The number of thioether (sulfide) groups is 1. The molecule has 11 heteroatoms. The van der Waals surface area contributed by atoms with E-state index in [9.17, 15) is 18.7 Å². The zero-order chi connectivity index (χ0) is 27.3. The fourth-order valence-electron chi connectivity index (χ4n) is 5.49. The van der Waals surface area contributed by atoms with Crippen molar-refractivity contribution in [2.75, 3.05) is 37.5 Å². The zero-order valence-electron chi connectivity index (χ0n) is 21.3. The van der Waals surface area contributed by atoms with E-state index in [2.05, 4.69) is 16.5 Å². The topological polar surface area (TPSA) is 70.8 Å². The average molecular weight is 563 g/mol. The Kier molecular flexibility index (Phi) is 7.54. The Hall–Kier alpha value is -2.50. The first-order chi connectivity index (χ1) is 18.2. The predicted molar refractivity (Wildman–Crippen MR) is 147 cm³/mol. The minimum absolute atomic E-state index is 0.0514. The normalized spacial score (nSPS) is 22.6. The van der Waals surface area contributed by atoms with Crippen LogP contribution < -0.4 is 10.6 Å². The van der Waals surface area contributed by atoms with Crippen molar-refractivity contribution in [1.82, 2.24) is 14.5 Å². The SMILES string of the molecule is C=CC(O)N1C[C@H](C)N(c2nc(=O)n3c4c(c(-c5ccc(F)cc5F)c(Cl)cc24)SC[C@@H]3COC)C[C@H]1C. The monoisotopic (exact) mass is 562 g/mol. The lowest BCUT2D eigenvalue weighted by atomic mass is 10.0. The summed E-state index contributed by atoms with van der Waals surface area (Å²) in [6.45, 7) is 9.04. The number of hydrogen-bond acceptors (Lipinski definition) is 7. The molecule has 2 aromatic carbocycles. The molecule has 38 heavy (non-hydrogen) atoms. The maximum Gasteiger partial charge on any atom is 0.350 e. The Bertz CT molecular complexity index is 1470. The highest BCUT2D eigenvalue weighted by Gasteiger charge is 2.36. The lowest BCUT2D eigenvalue weighted by molar-refractivity contribution is 0.0000452. The number of hydrogen-bond donors (Lipinski definition) is 1. The van der Waals surface area contributed by atoms with Crippen molar-refractivity contribution in [2.45, 2.75) is 43.1 Å². The van der Waals surface area contributed by atoms with Gasteiger partial charge in [-0.05, 0) is 38.1 Å². The molecule has 0 aliphatic carbocycles. The Morgan fingerprint density at radius 3 is 2.74 bits per heavy atom. The van der Waals surface area contributed by atoms with E-state index in [4.69, 9.17) is 16.3 Å². The van der Waals surface area contributed by atoms with Gasteiger partial charge in [0.25, 0.3) is 0 Å². The van der Waals surface area contributed by atoms with Crippen LogP contribution in [0, 0.1) is 11.6 Å². The van der Waals surface area contributed by atoms with Gasteiger partial charge in [-0.1, -0.05) is 18.2 Å². The lowest BCUT2D eigenvalue weighted by Crippen LogP contribution is -2.59. The average Bonchev–Trinajstić information content (AvgIpc) is 2.88. The van der Waals surface area contributed by atoms with E-state index in [0.717, 1.165) is 6.07 Å². The first-order valence-corrected chi connectivity index (χ1v) is 13.7. The molecule has 4 atom stereocenters. The molecule has 0 saturated carbocycles. The summed E-state index contributed by atoms with van der Waals surface area (Å²) < 4.78 is 35.7. The standard InChI is InChI=1S/C27H29ClF2N4O3S/c1-5-22(35)32-10-15(3)33(11-14(32)2)26-19-9-20(28)23(18-7-6-16(29)8-21(18)30)25-24(19)34(27(36)31-26)17(12-37-4)13-38-25/h5-9,14-15,17,22,35H,1,10-13H2,2-4H3/t14-,15+,17+,22?/m1/s1. The largest absolute Gasteiger partial charge is 0.383 e. The molecule has 3 aromatic rings. The maximum atomic E-state index is 15.0. The van der Waals surface area contributed by atoms with Gasteiger partial charge in [0.2, 0.25) is 0 Å². The molecular formula is C27H29ClF2N4O3S. The lowest BCUT2D eigenvalue weighted by Gasteiger charge is -2.46. The van der Waals surface area contributed by atoms with E-state index in [1.807, 2.05) is 18.7 Å². The van der Waals surface area contributed by atoms with Crippen LogP contribution in [0.1, 0.15) is 19.9 Å². The van der Waals surface area contributed by atoms with E-state index >= 15 is 0 Å². The summed E-state index contributed by atoms with van der Waals surface area (Å²) in [4.78, 5) is 22.8. The van der Waals surface area contributed by atoms with Crippen LogP contribution in [-0.2, 0) is 4.74 Å². The van der Waals surface area contributed by atoms with Gasteiger partial charge in [-0.15, -0.1) is 11.8 Å². The van der Waals surface area contributed by atoms with Crippen LogP contribution in [0.2, 0.25) is 5.02 Å². The molecule has 1 aromatic heterocycles. The van der Waals surface area contributed by atoms with Crippen molar-refractivity contribution in [3.05, 3.63) is 64.1 Å². The molecule has 1 unspecified atom stereocenters. The molecule has 1 saturated heterocycles. The summed E-state index contributed by atoms with van der Waals surface area (Å²) in [5.41, 5.74) is 0.757. The number of anilines is 1. The Morgan fingerprint density at radius 1 is 1.29 bits per heavy atom. The van der Waals surface area contributed by atoms with Gasteiger partial charge < -0.3 is 14.7 Å². The van der Waals surface area contributed by atoms with Crippen LogP contribution in [0.25, 0.3) is 22.0 Å². The molecule has 202 valence electrons. The maximum absolute atomic E-state index is 15.0. The quantitative estimate of drug-likeness (QED) is 0.437. The Balaban J connectivity index is 1.75. The van der Waals surface area contributed by atoms with Gasteiger partial charge in [-0.2, -0.15) is 4.98 Å². The molecule has 0 spiro atoms. The van der Waals surface area contributed by atoms with E-state index in [-0.39, 0.29) is 28.7 Å². The van der Waals surface area contributed by atoms with Gasteiger partial charge in [-0.3, -0.25) is 9.47 Å². The fourth-order valence-corrected chi connectivity index (χ4v) is 7.16. The molecule has 3 heterocycles. The number of halogens is 3. The number of piperazine rings is 1. The summed E-state index contributed by atoms with van der Waals surface area (Å²) in [6.07, 6.45) is 0.716. The minimum Gasteiger partial charge on any atom is -0.383 e. The molecule has 7 nitrogen and oxygen atoms in total. The molecule has 1 N–H and O–H groups in total. The summed E-state index contributed by atoms with van der Waals surface area (Å²) in [6, 6.07) is 4.69. The van der Waals surface area contributed by atoms with Crippen molar-refractivity contribution in [3.63, 3.8) is 0 Å². The zero-order valence-corrected chi connectivity index (χ0v) is 22.9. The first kappa shape index (κ1) is 27.1. The Morgan fingerprint density at radius 2 is 2.05 bits per heavy atom. The van der Waals surface area contributed by atoms with Crippen molar-refractivity contribution in [2.24, 2.45) is 0 Å². The van der Waals surface area contributed by atoms with Crippen LogP contribution in [-0.4, -0.2) is 70.4 Å². The van der Waals surface area contributed by atoms with Crippen molar-refractivity contribution < 1.29 is 18.6 Å². The second kappa shape index (κ2) is 10.6. The molecule has 0 amide bonds. The molecule has 2 aliphatic heterocycles. The number of ether oxygens (including phenoxy) is 1. The summed E-state index contributed by atoms with van der Waals surface area (Å²) >= 11 is 8.29. The van der Waals surface area contributed by atoms with E-state index in [1.165, 1.54) is 30.0 Å². The third kappa shape index (κ3) is 4.52. The van der Waals surface area contributed by atoms with E-state index in [1.54, 1.807) is 17.7 Å². The van der Waals surface area contributed by atoms with Crippen molar-refractivity contribution in [1.29, 1.82) is 0 Å². The fraction of sp³-hybridized carbons (Fsp3) is 0.407. The van der Waals surface area contributed by atoms with Gasteiger partial charge in [-0.25, -0.2) is 13.6 Å². The van der Waals surface area contributed by atoms with Gasteiger partial charge in [0.15, 0.2) is 0 Å². The third-order valence-electron chi connectivity index (χ3n) is 7.30. The van der Waals surface area contributed by atoms with Gasteiger partial charge in [0.1, 0.15) is 23.7 Å². The Labute approximate surface area is 228 Å². The highest BCUT2D eigenvalue weighted by Crippen LogP contribution is 2.48. The second-order valence-electron chi connectivity index (χ2n) is 9.79. The molecular weight excluding hydrogens is 534 g/mol. The van der Waals surface area contributed by atoms with Crippen LogP contribution >= 0.6 is 23.4 Å². The van der Waals surface area contributed by atoms with Gasteiger partial charge in [0, 0.05) is 65.5 Å². The number of aromatic nitrogens is 2. The highest BCUT2D eigenvalue weighted by molar-refractivity contribution is 7.99. The molecule has 0 bridgehead atoms. The summed E-state index contributed by atoms with van der Waals surface area (Å²) in [5, 5.41) is 11.3. The molecule has 2 aliphatic rings. The van der Waals surface area contributed by atoms with Crippen molar-refractivity contribution >= 4 is 40.1 Å². The molecule has 1 fully saturated rings. The molecule has 5 rings (SSSR count). The van der Waals surface area contributed by atoms with Crippen molar-refractivity contribution in [3.8, 4) is 11.1 Å². The molecule has 0 radical (unpaired) electrons. The summed E-state index contributed by atoms with van der Waals surface area (Å²) in [7, 11) is 1.58. The second-order valence-corrected chi connectivity index (χ2v) is 11.2. The third-order valence-corrected chi connectivity index (χ3v) is 8.83. The first-order valence-electron chi connectivity index (χ1n) is 12.3. The minimum atomic E-state index is -0.779. The number of aliphatic hydroxyl groups excluding tert-OH is 1. The predicted octanol–water partition coefficient (Wildman–Crippen LogP) is 4.69.